The monoisotopic (exact) mass is 293 g/mol. The van der Waals surface area contributed by atoms with Gasteiger partial charge in [0, 0.05) is 26.1 Å². The lowest BCUT2D eigenvalue weighted by Gasteiger charge is -2.20. The summed E-state index contributed by atoms with van der Waals surface area (Å²) in [6.07, 6.45) is 1.82. The first-order valence-electron chi connectivity index (χ1n) is 7.50. The van der Waals surface area contributed by atoms with Gasteiger partial charge >= 0.3 is 0 Å². The van der Waals surface area contributed by atoms with Gasteiger partial charge in [-0.2, -0.15) is 0 Å². The summed E-state index contributed by atoms with van der Waals surface area (Å²) >= 11 is 0. The number of nitrogens with one attached hydrogen (secondary N) is 2. The Morgan fingerprint density at radius 2 is 1.55 bits per heavy atom. The maximum Gasteiger partial charge on any atom is 0.191 e. The molecule has 2 aromatic rings. The van der Waals surface area contributed by atoms with Gasteiger partial charge in [-0.05, 0) is 11.1 Å². The number of guanidine groups is 1. The van der Waals surface area contributed by atoms with Gasteiger partial charge in [0.25, 0.3) is 0 Å². The van der Waals surface area contributed by atoms with Crippen molar-refractivity contribution in [2.45, 2.75) is 5.92 Å². The van der Waals surface area contributed by atoms with Crippen molar-refractivity contribution in [1.29, 1.82) is 0 Å². The Morgan fingerprint density at radius 1 is 1.00 bits per heavy atom. The summed E-state index contributed by atoms with van der Waals surface area (Å²) in [6, 6.07) is 21.1. The van der Waals surface area contributed by atoms with Crippen molar-refractivity contribution in [3.8, 4) is 0 Å². The van der Waals surface area contributed by atoms with Gasteiger partial charge in [0.15, 0.2) is 5.96 Å². The summed E-state index contributed by atoms with van der Waals surface area (Å²) in [7, 11) is 1.78. The van der Waals surface area contributed by atoms with Crippen LogP contribution in [0.15, 0.2) is 78.3 Å². The lowest BCUT2D eigenvalue weighted by atomic mass is 9.91. The maximum absolute atomic E-state index is 4.23. The van der Waals surface area contributed by atoms with E-state index in [-0.39, 0.29) is 5.92 Å². The highest BCUT2D eigenvalue weighted by Crippen LogP contribution is 2.23. The molecule has 0 unspecified atom stereocenters. The second-order valence-corrected chi connectivity index (χ2v) is 5.00. The molecule has 0 aliphatic heterocycles. The first-order chi connectivity index (χ1) is 10.8. The molecule has 0 spiro atoms. The SMILES string of the molecule is C=CCNC(=NC)NCC(c1ccccc1)c1ccccc1. The predicted molar refractivity (Wildman–Crippen MR) is 94.3 cm³/mol. The summed E-state index contributed by atoms with van der Waals surface area (Å²) < 4.78 is 0. The molecule has 0 bridgehead atoms. The molecule has 0 saturated carbocycles. The van der Waals surface area contributed by atoms with Crippen LogP contribution in [0.1, 0.15) is 17.0 Å². The van der Waals surface area contributed by atoms with Crippen molar-refractivity contribution in [2.75, 3.05) is 20.1 Å². The van der Waals surface area contributed by atoms with E-state index in [1.807, 2.05) is 18.2 Å². The van der Waals surface area contributed by atoms with Gasteiger partial charge in [0.2, 0.25) is 0 Å². The normalized spacial score (nSPS) is 11.3. The Bertz CT molecular complexity index is 551. The number of rotatable bonds is 6. The third kappa shape index (κ3) is 4.48. The van der Waals surface area contributed by atoms with Crippen LogP contribution in [0.4, 0.5) is 0 Å². The van der Waals surface area contributed by atoms with Crippen LogP contribution >= 0.6 is 0 Å². The van der Waals surface area contributed by atoms with E-state index in [2.05, 4.69) is 70.7 Å². The van der Waals surface area contributed by atoms with E-state index < -0.39 is 0 Å². The molecular weight excluding hydrogens is 270 g/mol. The molecule has 2 rings (SSSR count). The van der Waals surface area contributed by atoms with Crippen LogP contribution in [0.2, 0.25) is 0 Å². The highest BCUT2D eigenvalue weighted by atomic mass is 15.2. The number of nitrogens with zero attached hydrogens (tertiary/aromatic N) is 1. The number of hydrogen-bond donors (Lipinski definition) is 2. The van der Waals surface area contributed by atoms with Gasteiger partial charge < -0.3 is 10.6 Å². The lowest BCUT2D eigenvalue weighted by molar-refractivity contribution is 0.737. The molecule has 2 aromatic carbocycles. The number of benzene rings is 2. The Hall–Kier alpha value is -2.55. The van der Waals surface area contributed by atoms with Crippen LogP contribution in [-0.2, 0) is 0 Å². The molecule has 0 heterocycles. The summed E-state index contributed by atoms with van der Waals surface area (Å²) in [5, 5.41) is 6.59. The molecule has 0 aliphatic rings. The van der Waals surface area contributed by atoms with E-state index in [4.69, 9.17) is 0 Å². The zero-order chi connectivity index (χ0) is 15.6. The molecule has 0 fully saturated rings. The third-order valence-electron chi connectivity index (χ3n) is 3.51. The smallest absolute Gasteiger partial charge is 0.191 e. The molecule has 0 radical (unpaired) electrons. The van der Waals surface area contributed by atoms with E-state index in [9.17, 15) is 0 Å². The molecule has 0 amide bonds. The molecule has 0 saturated heterocycles. The molecule has 3 heteroatoms. The van der Waals surface area contributed by atoms with Crippen LogP contribution in [0.5, 0.6) is 0 Å². The molecule has 114 valence electrons. The summed E-state index contributed by atoms with van der Waals surface area (Å²) in [6.45, 7) is 5.19. The van der Waals surface area contributed by atoms with Crippen molar-refractivity contribution < 1.29 is 0 Å². The number of hydrogen-bond acceptors (Lipinski definition) is 1. The van der Waals surface area contributed by atoms with Gasteiger partial charge in [0.1, 0.15) is 0 Å². The van der Waals surface area contributed by atoms with Crippen LogP contribution in [0.3, 0.4) is 0 Å². The lowest BCUT2D eigenvalue weighted by Crippen LogP contribution is -2.39. The first-order valence-corrected chi connectivity index (χ1v) is 7.50. The number of aliphatic imine (C=N–C) groups is 1. The highest BCUT2D eigenvalue weighted by molar-refractivity contribution is 5.79. The Labute approximate surface area is 132 Å². The molecule has 3 nitrogen and oxygen atoms in total. The van der Waals surface area contributed by atoms with E-state index >= 15 is 0 Å². The molecule has 0 atom stereocenters. The molecule has 0 aliphatic carbocycles. The zero-order valence-corrected chi connectivity index (χ0v) is 13.0. The molecule has 0 aromatic heterocycles. The Kier molecular flexibility index (Phi) is 6.24. The second-order valence-electron chi connectivity index (χ2n) is 5.00. The second kappa shape index (κ2) is 8.67. The quantitative estimate of drug-likeness (QED) is 0.487. The highest BCUT2D eigenvalue weighted by Gasteiger charge is 2.14. The molecular formula is C19H23N3. The van der Waals surface area contributed by atoms with Gasteiger partial charge in [-0.1, -0.05) is 66.7 Å². The van der Waals surface area contributed by atoms with Crippen molar-refractivity contribution in [1.82, 2.24) is 10.6 Å². The topological polar surface area (TPSA) is 36.4 Å². The molecule has 22 heavy (non-hydrogen) atoms. The summed E-state index contributed by atoms with van der Waals surface area (Å²) in [4.78, 5) is 4.23. The van der Waals surface area contributed by atoms with E-state index in [1.54, 1.807) is 7.05 Å². The summed E-state index contributed by atoms with van der Waals surface area (Å²) in [5.74, 6) is 1.07. The minimum Gasteiger partial charge on any atom is -0.355 e. The largest absolute Gasteiger partial charge is 0.355 e. The molecule has 2 N–H and O–H groups in total. The standard InChI is InChI=1S/C19H23N3/c1-3-14-21-19(20-2)22-15-18(16-10-6-4-7-11-16)17-12-8-5-9-13-17/h3-13,18H,1,14-15H2,2H3,(H2,20,21,22). The fourth-order valence-electron chi connectivity index (χ4n) is 2.39. The predicted octanol–water partition coefficient (Wildman–Crippen LogP) is 3.17. The Morgan fingerprint density at radius 3 is 2.00 bits per heavy atom. The minimum atomic E-state index is 0.282. The van der Waals surface area contributed by atoms with Crippen LogP contribution in [-0.4, -0.2) is 26.1 Å². The Balaban J connectivity index is 2.14. The van der Waals surface area contributed by atoms with Crippen LogP contribution in [0, 0.1) is 0 Å². The van der Waals surface area contributed by atoms with E-state index in [0.29, 0.717) is 6.54 Å². The fraction of sp³-hybridized carbons (Fsp3) is 0.211. The van der Waals surface area contributed by atoms with Crippen LogP contribution in [0.25, 0.3) is 0 Å². The van der Waals surface area contributed by atoms with Gasteiger partial charge in [-0.25, -0.2) is 0 Å². The summed E-state index contributed by atoms with van der Waals surface area (Å²) in [5.41, 5.74) is 2.58. The maximum atomic E-state index is 4.23. The average Bonchev–Trinajstić information content (AvgIpc) is 2.59. The third-order valence-corrected chi connectivity index (χ3v) is 3.51. The zero-order valence-electron chi connectivity index (χ0n) is 13.0. The van der Waals surface area contributed by atoms with Gasteiger partial charge in [-0.3, -0.25) is 4.99 Å². The van der Waals surface area contributed by atoms with Crippen molar-refractivity contribution in [2.24, 2.45) is 4.99 Å². The van der Waals surface area contributed by atoms with E-state index in [0.717, 1.165) is 12.5 Å². The van der Waals surface area contributed by atoms with Crippen molar-refractivity contribution in [3.63, 3.8) is 0 Å². The first kappa shape index (κ1) is 15.8. The van der Waals surface area contributed by atoms with Gasteiger partial charge in [-0.15, -0.1) is 6.58 Å². The van der Waals surface area contributed by atoms with Crippen LogP contribution < -0.4 is 10.6 Å². The van der Waals surface area contributed by atoms with E-state index in [1.165, 1.54) is 11.1 Å². The average molecular weight is 293 g/mol. The van der Waals surface area contributed by atoms with Crippen molar-refractivity contribution in [3.05, 3.63) is 84.4 Å². The van der Waals surface area contributed by atoms with Crippen molar-refractivity contribution >= 4 is 5.96 Å². The fourth-order valence-corrected chi connectivity index (χ4v) is 2.39. The van der Waals surface area contributed by atoms with Gasteiger partial charge in [0.05, 0.1) is 0 Å². The minimum absolute atomic E-state index is 0.282.